The van der Waals surface area contributed by atoms with E-state index in [4.69, 9.17) is 4.74 Å². The number of rotatable bonds is 7. The number of nitrogens with one attached hydrogen (secondary N) is 1. The molecule has 1 N–H and O–H groups in total. The van der Waals surface area contributed by atoms with E-state index in [1.807, 2.05) is 13.8 Å². The fourth-order valence-electron chi connectivity index (χ4n) is 1.13. The summed E-state index contributed by atoms with van der Waals surface area (Å²) in [5.41, 5.74) is 0. The number of methoxy groups -OCH3 is 1. The smallest absolute Gasteiger partial charge is 0.331 e. The van der Waals surface area contributed by atoms with E-state index < -0.39 is 11.9 Å². The summed E-state index contributed by atoms with van der Waals surface area (Å²) in [6.07, 6.45) is 2.35. The van der Waals surface area contributed by atoms with E-state index in [1.165, 1.54) is 7.11 Å². The molecular formula is C13H21NO5. The number of hydrogen-bond donors (Lipinski definition) is 1. The summed E-state index contributed by atoms with van der Waals surface area (Å²) in [6.45, 7) is 5.64. The first-order valence-corrected chi connectivity index (χ1v) is 6.12. The molecule has 0 aromatic heterocycles. The Hall–Kier alpha value is -1.85. The van der Waals surface area contributed by atoms with Crippen LogP contribution in [0, 0.1) is 5.92 Å². The number of carbonyl (C=O) groups excluding carboxylic acids is 3. The molecule has 6 nitrogen and oxygen atoms in total. The molecule has 0 aliphatic heterocycles. The summed E-state index contributed by atoms with van der Waals surface area (Å²) >= 11 is 0. The third-order valence-corrected chi connectivity index (χ3v) is 2.43. The van der Waals surface area contributed by atoms with Crippen molar-refractivity contribution >= 4 is 17.8 Å². The zero-order valence-electron chi connectivity index (χ0n) is 11.8. The van der Waals surface area contributed by atoms with Crippen LogP contribution in [0.3, 0.4) is 0 Å². The predicted octanol–water partition coefficient (Wildman–Crippen LogP) is 0.810. The molecule has 0 spiro atoms. The van der Waals surface area contributed by atoms with Crippen molar-refractivity contribution < 1.29 is 23.9 Å². The van der Waals surface area contributed by atoms with Gasteiger partial charge in [-0.1, -0.05) is 20.8 Å². The van der Waals surface area contributed by atoms with Crippen LogP contribution in [0.25, 0.3) is 0 Å². The standard InChI is InChI=1S/C13H21NO5/c1-5-11(15)14-10(9(2)3)8-19-13(17)7-6-12(16)18-4/h6-7,9-10H,5,8H2,1-4H3,(H,14,15)/b7-6+/t10-/m0/s1. The first-order chi connectivity index (χ1) is 8.90. The van der Waals surface area contributed by atoms with Crippen molar-refractivity contribution in [2.24, 2.45) is 5.92 Å². The zero-order chi connectivity index (χ0) is 14.8. The van der Waals surface area contributed by atoms with Crippen molar-refractivity contribution in [3.63, 3.8) is 0 Å². The van der Waals surface area contributed by atoms with Crippen LogP contribution in [0.15, 0.2) is 12.2 Å². The van der Waals surface area contributed by atoms with E-state index in [9.17, 15) is 14.4 Å². The van der Waals surface area contributed by atoms with Gasteiger partial charge in [-0.15, -0.1) is 0 Å². The second-order valence-electron chi connectivity index (χ2n) is 4.26. The molecule has 0 aromatic carbocycles. The summed E-state index contributed by atoms with van der Waals surface area (Å²) in [5.74, 6) is -1.24. The molecule has 0 saturated heterocycles. The first-order valence-electron chi connectivity index (χ1n) is 6.12. The molecule has 1 atom stereocenters. The van der Waals surface area contributed by atoms with Crippen molar-refractivity contribution in [1.29, 1.82) is 0 Å². The van der Waals surface area contributed by atoms with Crippen molar-refractivity contribution in [3.8, 4) is 0 Å². The Balaban J connectivity index is 4.25. The Labute approximate surface area is 113 Å². The SMILES string of the molecule is CCC(=O)N[C@@H](COC(=O)/C=C/C(=O)OC)C(C)C. The van der Waals surface area contributed by atoms with Crippen LogP contribution in [0.1, 0.15) is 27.2 Å². The highest BCUT2D eigenvalue weighted by molar-refractivity contribution is 5.91. The van der Waals surface area contributed by atoms with Crippen LogP contribution in [0.2, 0.25) is 0 Å². The van der Waals surface area contributed by atoms with Crippen molar-refractivity contribution in [3.05, 3.63) is 12.2 Å². The third kappa shape index (κ3) is 7.96. The number of amides is 1. The molecule has 0 unspecified atom stereocenters. The van der Waals surface area contributed by atoms with E-state index in [0.717, 1.165) is 12.2 Å². The van der Waals surface area contributed by atoms with Gasteiger partial charge >= 0.3 is 11.9 Å². The Morgan fingerprint density at radius 2 is 1.74 bits per heavy atom. The number of carbonyl (C=O) groups is 3. The van der Waals surface area contributed by atoms with Gasteiger partial charge in [-0.3, -0.25) is 4.79 Å². The molecule has 0 saturated carbocycles. The molecule has 0 radical (unpaired) electrons. The lowest BCUT2D eigenvalue weighted by Crippen LogP contribution is -2.42. The Kier molecular flexibility index (Phi) is 8.24. The van der Waals surface area contributed by atoms with Crippen LogP contribution < -0.4 is 5.32 Å². The molecule has 108 valence electrons. The molecule has 0 rings (SSSR count). The highest BCUT2D eigenvalue weighted by Crippen LogP contribution is 2.03. The molecule has 0 aliphatic rings. The summed E-state index contributed by atoms with van der Waals surface area (Å²) in [5, 5.41) is 2.77. The average Bonchev–Trinajstić information content (AvgIpc) is 2.39. The summed E-state index contributed by atoms with van der Waals surface area (Å²) in [4.78, 5) is 33.4. The summed E-state index contributed by atoms with van der Waals surface area (Å²) < 4.78 is 9.30. The maximum Gasteiger partial charge on any atom is 0.331 e. The fraction of sp³-hybridized carbons (Fsp3) is 0.615. The van der Waals surface area contributed by atoms with Gasteiger partial charge < -0.3 is 14.8 Å². The monoisotopic (exact) mass is 271 g/mol. The second-order valence-corrected chi connectivity index (χ2v) is 4.26. The zero-order valence-corrected chi connectivity index (χ0v) is 11.8. The Morgan fingerprint density at radius 1 is 1.16 bits per heavy atom. The van der Waals surface area contributed by atoms with Gasteiger partial charge in [0.15, 0.2) is 0 Å². The van der Waals surface area contributed by atoms with Crippen LogP contribution in [0.5, 0.6) is 0 Å². The lowest BCUT2D eigenvalue weighted by atomic mass is 10.1. The molecule has 0 fully saturated rings. The predicted molar refractivity (Wildman–Crippen MR) is 69.2 cm³/mol. The molecule has 0 aromatic rings. The molecule has 0 heterocycles. The number of esters is 2. The Bertz CT molecular complexity index is 349. The van der Waals surface area contributed by atoms with E-state index in [2.05, 4.69) is 10.1 Å². The van der Waals surface area contributed by atoms with E-state index in [1.54, 1.807) is 6.92 Å². The quantitative estimate of drug-likeness (QED) is 0.547. The lowest BCUT2D eigenvalue weighted by Gasteiger charge is -2.21. The highest BCUT2D eigenvalue weighted by Gasteiger charge is 2.17. The normalized spacial score (nSPS) is 12.3. The van der Waals surface area contributed by atoms with Gasteiger partial charge in [-0.05, 0) is 5.92 Å². The van der Waals surface area contributed by atoms with Crippen LogP contribution in [-0.2, 0) is 23.9 Å². The van der Waals surface area contributed by atoms with Crippen LogP contribution in [-0.4, -0.2) is 37.6 Å². The fourth-order valence-corrected chi connectivity index (χ4v) is 1.13. The largest absolute Gasteiger partial charge is 0.466 e. The highest BCUT2D eigenvalue weighted by atomic mass is 16.5. The molecule has 0 aliphatic carbocycles. The van der Waals surface area contributed by atoms with Gasteiger partial charge in [0.1, 0.15) is 6.61 Å². The Morgan fingerprint density at radius 3 is 2.21 bits per heavy atom. The van der Waals surface area contributed by atoms with Crippen molar-refractivity contribution in [2.75, 3.05) is 13.7 Å². The molecule has 1 amide bonds. The minimum atomic E-state index is -0.651. The topological polar surface area (TPSA) is 81.7 Å². The summed E-state index contributed by atoms with van der Waals surface area (Å²) in [6, 6.07) is -0.247. The van der Waals surface area contributed by atoms with Gasteiger partial charge in [-0.2, -0.15) is 0 Å². The van der Waals surface area contributed by atoms with Gasteiger partial charge in [-0.25, -0.2) is 9.59 Å². The third-order valence-electron chi connectivity index (χ3n) is 2.43. The first kappa shape index (κ1) is 17.2. The minimum absolute atomic E-state index is 0.0632. The van der Waals surface area contributed by atoms with Gasteiger partial charge in [0.05, 0.1) is 13.2 Å². The van der Waals surface area contributed by atoms with Gasteiger partial charge in [0, 0.05) is 18.6 Å². The number of ether oxygens (including phenoxy) is 2. The van der Waals surface area contributed by atoms with Gasteiger partial charge in [0.25, 0.3) is 0 Å². The maximum absolute atomic E-state index is 11.3. The van der Waals surface area contributed by atoms with Crippen molar-refractivity contribution in [1.82, 2.24) is 5.32 Å². The van der Waals surface area contributed by atoms with E-state index in [0.29, 0.717) is 6.42 Å². The number of hydrogen-bond acceptors (Lipinski definition) is 5. The maximum atomic E-state index is 11.3. The van der Waals surface area contributed by atoms with Crippen LogP contribution >= 0.6 is 0 Å². The molecule has 19 heavy (non-hydrogen) atoms. The molecular weight excluding hydrogens is 250 g/mol. The lowest BCUT2D eigenvalue weighted by molar-refractivity contribution is -0.140. The van der Waals surface area contributed by atoms with E-state index in [-0.39, 0.29) is 24.5 Å². The van der Waals surface area contributed by atoms with Crippen molar-refractivity contribution in [2.45, 2.75) is 33.2 Å². The summed E-state index contributed by atoms with van der Waals surface area (Å²) in [7, 11) is 1.22. The van der Waals surface area contributed by atoms with Crippen LogP contribution in [0.4, 0.5) is 0 Å². The molecule has 6 heteroatoms. The minimum Gasteiger partial charge on any atom is -0.466 e. The molecule has 0 bridgehead atoms. The second kappa shape index (κ2) is 9.13. The van der Waals surface area contributed by atoms with E-state index >= 15 is 0 Å². The van der Waals surface area contributed by atoms with Gasteiger partial charge in [0.2, 0.25) is 5.91 Å². The average molecular weight is 271 g/mol.